The van der Waals surface area contributed by atoms with Crippen LogP contribution < -0.4 is 4.90 Å². The molecule has 3 nitrogen and oxygen atoms in total. The van der Waals surface area contributed by atoms with Gasteiger partial charge in [-0.1, -0.05) is 55.5 Å². The second-order valence-electron chi connectivity index (χ2n) is 8.24. The maximum atomic E-state index is 12.9. The Kier molecular flexibility index (Phi) is 7.27. The minimum absolute atomic E-state index is 0.268. The predicted molar refractivity (Wildman–Crippen MR) is 117 cm³/mol. The van der Waals surface area contributed by atoms with Crippen molar-refractivity contribution in [3.63, 3.8) is 0 Å². The summed E-state index contributed by atoms with van der Waals surface area (Å²) in [4.78, 5) is 17.4. The topological polar surface area (TPSA) is 23.6 Å². The van der Waals surface area contributed by atoms with Crippen molar-refractivity contribution >= 4 is 11.6 Å². The smallest absolute Gasteiger partial charge is 0.227 e. The van der Waals surface area contributed by atoms with Crippen LogP contribution in [0.15, 0.2) is 60.7 Å². The number of benzene rings is 2. The molecule has 1 amide bonds. The van der Waals surface area contributed by atoms with Crippen molar-refractivity contribution in [1.29, 1.82) is 0 Å². The minimum Gasteiger partial charge on any atom is -0.309 e. The van der Waals surface area contributed by atoms with E-state index in [4.69, 9.17) is 0 Å². The lowest BCUT2D eigenvalue weighted by Gasteiger charge is -2.41. The average Bonchev–Trinajstić information content (AvgIpc) is 2.71. The number of nitrogens with zero attached hydrogens (tertiary/aromatic N) is 2. The highest BCUT2D eigenvalue weighted by Crippen LogP contribution is 2.39. The van der Waals surface area contributed by atoms with Crippen LogP contribution in [0.5, 0.6) is 0 Å². The van der Waals surface area contributed by atoms with E-state index in [1.807, 2.05) is 18.2 Å². The highest BCUT2D eigenvalue weighted by molar-refractivity contribution is 5.93. The standard InChI is InChI=1S/C25H34N2O/c1-4-11-24(28)27(22-14-9-6-10-15-22)23-18-16-21(17-19-23)25(26(2)3)20-12-7-5-8-13-20/h5-10,12-15,21,23,25H,4,11,16-19H2,1-3H3. The molecule has 1 fully saturated rings. The van der Waals surface area contributed by atoms with E-state index in [1.165, 1.54) is 5.56 Å². The number of hydrogen-bond acceptors (Lipinski definition) is 2. The van der Waals surface area contributed by atoms with Gasteiger partial charge in [-0.15, -0.1) is 0 Å². The summed E-state index contributed by atoms with van der Waals surface area (Å²) in [6.07, 6.45) is 5.99. The Morgan fingerprint density at radius 3 is 2.04 bits per heavy atom. The van der Waals surface area contributed by atoms with E-state index in [9.17, 15) is 4.79 Å². The van der Waals surface area contributed by atoms with Crippen LogP contribution >= 0.6 is 0 Å². The summed E-state index contributed by atoms with van der Waals surface area (Å²) >= 11 is 0. The molecular formula is C25H34N2O. The zero-order valence-electron chi connectivity index (χ0n) is 17.6. The second-order valence-corrected chi connectivity index (χ2v) is 8.24. The molecule has 0 N–H and O–H groups in total. The van der Waals surface area contributed by atoms with Gasteiger partial charge in [0.2, 0.25) is 5.91 Å². The first kappa shape index (κ1) is 20.6. The third-order valence-corrected chi connectivity index (χ3v) is 6.02. The molecule has 1 unspecified atom stereocenters. The summed E-state index contributed by atoms with van der Waals surface area (Å²) in [5.41, 5.74) is 2.45. The minimum atomic E-state index is 0.268. The Morgan fingerprint density at radius 1 is 0.929 bits per heavy atom. The number of hydrogen-bond donors (Lipinski definition) is 0. The molecule has 150 valence electrons. The summed E-state index contributed by atoms with van der Waals surface area (Å²) in [5, 5.41) is 0. The van der Waals surface area contributed by atoms with E-state index in [0.717, 1.165) is 37.8 Å². The number of carbonyl (C=O) groups is 1. The van der Waals surface area contributed by atoms with E-state index >= 15 is 0 Å². The third-order valence-electron chi connectivity index (χ3n) is 6.02. The van der Waals surface area contributed by atoms with Gasteiger partial charge in [0.15, 0.2) is 0 Å². The number of anilines is 1. The summed E-state index contributed by atoms with van der Waals surface area (Å²) in [6, 6.07) is 21.9. The zero-order valence-corrected chi connectivity index (χ0v) is 17.6. The molecule has 0 aromatic heterocycles. The Balaban J connectivity index is 1.74. The fraction of sp³-hybridized carbons (Fsp3) is 0.480. The summed E-state index contributed by atoms with van der Waals surface area (Å²) in [5.74, 6) is 0.900. The molecule has 0 spiro atoms. The predicted octanol–water partition coefficient (Wildman–Crippen LogP) is 5.68. The highest BCUT2D eigenvalue weighted by atomic mass is 16.2. The van der Waals surface area contributed by atoms with Crippen molar-refractivity contribution in [2.45, 2.75) is 57.5 Å². The van der Waals surface area contributed by atoms with Crippen LogP contribution in [-0.2, 0) is 4.79 Å². The molecule has 3 heteroatoms. The van der Waals surface area contributed by atoms with Crippen LogP contribution in [0.1, 0.15) is 57.1 Å². The highest BCUT2D eigenvalue weighted by Gasteiger charge is 2.33. The summed E-state index contributed by atoms with van der Waals surface area (Å²) in [6.45, 7) is 2.08. The Bertz CT molecular complexity index is 721. The molecule has 1 saturated carbocycles. The SMILES string of the molecule is CCCC(=O)N(c1ccccc1)C1CCC(C(c2ccccc2)N(C)C)CC1. The number of amides is 1. The molecule has 0 heterocycles. The lowest BCUT2D eigenvalue weighted by atomic mass is 9.78. The van der Waals surface area contributed by atoms with Crippen LogP contribution in [0.2, 0.25) is 0 Å². The first-order valence-corrected chi connectivity index (χ1v) is 10.7. The second kappa shape index (κ2) is 9.88. The van der Waals surface area contributed by atoms with Gasteiger partial charge in [-0.3, -0.25) is 4.79 Å². The van der Waals surface area contributed by atoms with Gasteiger partial charge in [-0.2, -0.15) is 0 Å². The van der Waals surface area contributed by atoms with Crippen molar-refractivity contribution < 1.29 is 4.79 Å². The molecule has 0 radical (unpaired) electrons. The maximum Gasteiger partial charge on any atom is 0.227 e. The molecular weight excluding hydrogens is 344 g/mol. The van der Waals surface area contributed by atoms with Crippen molar-refractivity contribution in [2.24, 2.45) is 5.92 Å². The molecule has 0 saturated heterocycles. The largest absolute Gasteiger partial charge is 0.309 e. The summed E-state index contributed by atoms with van der Waals surface area (Å²) < 4.78 is 0. The van der Waals surface area contributed by atoms with Gasteiger partial charge >= 0.3 is 0 Å². The van der Waals surface area contributed by atoms with Gasteiger partial charge in [0, 0.05) is 24.2 Å². The van der Waals surface area contributed by atoms with Gasteiger partial charge in [-0.05, 0) is 69.8 Å². The van der Waals surface area contributed by atoms with Gasteiger partial charge in [0.1, 0.15) is 0 Å². The molecule has 1 aliphatic carbocycles. The molecule has 2 aromatic carbocycles. The van der Waals surface area contributed by atoms with Crippen molar-refractivity contribution in [3.05, 3.63) is 66.2 Å². The zero-order chi connectivity index (χ0) is 19.9. The summed E-state index contributed by atoms with van der Waals surface area (Å²) in [7, 11) is 4.37. The van der Waals surface area contributed by atoms with E-state index in [1.54, 1.807) is 0 Å². The third kappa shape index (κ3) is 4.82. The quantitative estimate of drug-likeness (QED) is 0.619. The van der Waals surface area contributed by atoms with Crippen LogP contribution in [0.4, 0.5) is 5.69 Å². The van der Waals surface area contributed by atoms with Crippen LogP contribution in [0.3, 0.4) is 0 Å². The van der Waals surface area contributed by atoms with Gasteiger partial charge in [0.05, 0.1) is 0 Å². The Labute approximate surface area is 170 Å². The average molecular weight is 379 g/mol. The van der Waals surface area contributed by atoms with E-state index in [-0.39, 0.29) is 5.91 Å². The number of rotatable bonds is 7. The first-order chi connectivity index (χ1) is 13.6. The molecule has 2 aromatic rings. The molecule has 0 aliphatic heterocycles. The van der Waals surface area contributed by atoms with E-state index in [2.05, 4.69) is 73.3 Å². The normalized spacial score (nSPS) is 20.7. The molecule has 1 atom stereocenters. The molecule has 3 rings (SSSR count). The lowest BCUT2D eigenvalue weighted by Crippen LogP contribution is -2.43. The first-order valence-electron chi connectivity index (χ1n) is 10.7. The fourth-order valence-electron chi connectivity index (χ4n) is 4.80. The van der Waals surface area contributed by atoms with Crippen molar-refractivity contribution in [1.82, 2.24) is 4.90 Å². The van der Waals surface area contributed by atoms with Crippen LogP contribution in [0.25, 0.3) is 0 Å². The van der Waals surface area contributed by atoms with E-state index in [0.29, 0.717) is 24.4 Å². The van der Waals surface area contributed by atoms with E-state index < -0.39 is 0 Å². The molecule has 28 heavy (non-hydrogen) atoms. The fourth-order valence-corrected chi connectivity index (χ4v) is 4.80. The molecule has 1 aliphatic rings. The van der Waals surface area contributed by atoms with Crippen molar-refractivity contribution in [3.8, 4) is 0 Å². The Morgan fingerprint density at radius 2 is 1.50 bits per heavy atom. The van der Waals surface area contributed by atoms with Crippen molar-refractivity contribution in [2.75, 3.05) is 19.0 Å². The monoisotopic (exact) mass is 378 g/mol. The number of carbonyl (C=O) groups excluding carboxylic acids is 1. The van der Waals surface area contributed by atoms with Crippen LogP contribution in [-0.4, -0.2) is 30.9 Å². The van der Waals surface area contributed by atoms with Gasteiger partial charge in [-0.25, -0.2) is 0 Å². The lowest BCUT2D eigenvalue weighted by molar-refractivity contribution is -0.119. The van der Waals surface area contributed by atoms with Gasteiger partial charge < -0.3 is 9.80 Å². The van der Waals surface area contributed by atoms with Crippen LogP contribution in [0, 0.1) is 5.92 Å². The van der Waals surface area contributed by atoms with Gasteiger partial charge in [0.25, 0.3) is 0 Å². The molecule has 0 bridgehead atoms. The Hall–Kier alpha value is -2.13. The maximum absolute atomic E-state index is 12.9. The number of para-hydroxylation sites is 1.